The summed E-state index contributed by atoms with van der Waals surface area (Å²) in [6, 6.07) is 0. The summed E-state index contributed by atoms with van der Waals surface area (Å²) >= 11 is 0. The Hall–Kier alpha value is -2.15. The third kappa shape index (κ3) is 2.57. The molecule has 2 aromatic rings. The van der Waals surface area contributed by atoms with Gasteiger partial charge >= 0.3 is 5.97 Å². The normalized spacial score (nSPS) is 12.8. The Morgan fingerprint density at radius 1 is 1.45 bits per heavy atom. The Balaban J connectivity index is 2.42. The Morgan fingerprint density at radius 2 is 2.15 bits per heavy atom. The molecule has 0 aliphatic rings. The van der Waals surface area contributed by atoms with Crippen LogP contribution < -0.4 is 5.32 Å². The molecule has 7 nitrogen and oxygen atoms in total. The van der Waals surface area contributed by atoms with Crippen molar-refractivity contribution >= 4 is 22.7 Å². The zero-order valence-corrected chi connectivity index (χ0v) is 11.7. The van der Waals surface area contributed by atoms with E-state index in [2.05, 4.69) is 15.4 Å². The Kier molecular flexibility index (Phi) is 3.89. The molecule has 0 bridgehead atoms. The van der Waals surface area contributed by atoms with Crippen molar-refractivity contribution in [3.8, 4) is 0 Å². The second kappa shape index (κ2) is 5.46. The number of aromatic nitrogens is 3. The fourth-order valence-electron chi connectivity index (χ4n) is 1.89. The number of aliphatic hydroxyl groups is 1. The summed E-state index contributed by atoms with van der Waals surface area (Å²) in [7, 11) is 1.74. The van der Waals surface area contributed by atoms with Crippen LogP contribution in [0, 0.1) is 5.92 Å². The molecule has 0 radical (unpaired) electrons. The SMILES string of the molecule is CC(C)C(O)CNc1c(C(=O)O)cnc2c1cnn2C. The van der Waals surface area contributed by atoms with E-state index in [0.717, 1.165) is 0 Å². The average molecular weight is 278 g/mol. The zero-order valence-electron chi connectivity index (χ0n) is 11.7. The van der Waals surface area contributed by atoms with E-state index >= 15 is 0 Å². The minimum Gasteiger partial charge on any atom is -0.478 e. The second-order valence-corrected chi connectivity index (χ2v) is 5.05. The summed E-state index contributed by atoms with van der Waals surface area (Å²) in [6.07, 6.45) is 2.31. The van der Waals surface area contributed by atoms with Gasteiger partial charge in [-0.05, 0) is 5.92 Å². The zero-order chi connectivity index (χ0) is 14.9. The van der Waals surface area contributed by atoms with Crippen molar-refractivity contribution in [2.75, 3.05) is 11.9 Å². The van der Waals surface area contributed by atoms with Gasteiger partial charge in [-0.15, -0.1) is 0 Å². The molecule has 3 N–H and O–H groups in total. The number of carboxylic acids is 1. The number of nitrogens with one attached hydrogen (secondary N) is 1. The van der Waals surface area contributed by atoms with Gasteiger partial charge in [-0.2, -0.15) is 5.10 Å². The smallest absolute Gasteiger partial charge is 0.339 e. The molecule has 0 saturated heterocycles. The molecule has 7 heteroatoms. The minimum absolute atomic E-state index is 0.0708. The summed E-state index contributed by atoms with van der Waals surface area (Å²) in [4.78, 5) is 15.4. The highest BCUT2D eigenvalue weighted by atomic mass is 16.4. The molecular formula is C13H18N4O3. The number of pyridine rings is 1. The molecule has 1 unspecified atom stereocenters. The maximum Gasteiger partial charge on any atom is 0.339 e. The number of rotatable bonds is 5. The molecule has 0 aromatic carbocycles. The van der Waals surface area contributed by atoms with Gasteiger partial charge in [-0.3, -0.25) is 4.68 Å². The van der Waals surface area contributed by atoms with Crippen molar-refractivity contribution in [2.45, 2.75) is 20.0 Å². The Bertz CT molecular complexity index is 636. The number of aromatic carboxylic acids is 1. The molecule has 0 amide bonds. The van der Waals surface area contributed by atoms with Gasteiger partial charge in [0.25, 0.3) is 0 Å². The standard InChI is InChI=1S/C13H18N4O3/c1-7(2)10(18)6-14-11-8-5-16-17(3)12(8)15-4-9(11)13(19)20/h4-5,7,10,18H,6H2,1-3H3,(H,14,15)(H,19,20). The predicted molar refractivity (Wildman–Crippen MR) is 74.8 cm³/mol. The van der Waals surface area contributed by atoms with Crippen molar-refractivity contribution in [2.24, 2.45) is 13.0 Å². The number of hydrogen-bond acceptors (Lipinski definition) is 5. The lowest BCUT2D eigenvalue weighted by molar-refractivity contribution is 0.0697. The van der Waals surface area contributed by atoms with Gasteiger partial charge in [0.1, 0.15) is 5.56 Å². The first-order valence-corrected chi connectivity index (χ1v) is 6.37. The summed E-state index contributed by atoms with van der Waals surface area (Å²) in [6.45, 7) is 4.07. The number of carboxylic acid groups (broad SMARTS) is 1. The van der Waals surface area contributed by atoms with E-state index in [0.29, 0.717) is 16.7 Å². The van der Waals surface area contributed by atoms with E-state index < -0.39 is 12.1 Å². The van der Waals surface area contributed by atoms with Crippen LogP contribution in [0.2, 0.25) is 0 Å². The average Bonchev–Trinajstić information content (AvgIpc) is 2.77. The molecule has 0 fully saturated rings. The molecule has 0 spiro atoms. The summed E-state index contributed by atoms with van der Waals surface area (Å²) in [5.41, 5.74) is 1.10. The van der Waals surface area contributed by atoms with E-state index in [9.17, 15) is 15.0 Å². The first kappa shape index (κ1) is 14.3. The van der Waals surface area contributed by atoms with Gasteiger partial charge < -0.3 is 15.5 Å². The first-order chi connectivity index (χ1) is 9.41. The van der Waals surface area contributed by atoms with Crippen molar-refractivity contribution < 1.29 is 15.0 Å². The first-order valence-electron chi connectivity index (χ1n) is 6.37. The number of hydrogen-bond donors (Lipinski definition) is 3. The van der Waals surface area contributed by atoms with E-state index in [1.54, 1.807) is 17.9 Å². The molecule has 20 heavy (non-hydrogen) atoms. The van der Waals surface area contributed by atoms with E-state index in [1.807, 2.05) is 13.8 Å². The Labute approximate surface area is 116 Å². The minimum atomic E-state index is -1.07. The van der Waals surface area contributed by atoms with Gasteiger partial charge in [-0.25, -0.2) is 9.78 Å². The largest absolute Gasteiger partial charge is 0.478 e. The van der Waals surface area contributed by atoms with E-state index in [1.165, 1.54) is 6.20 Å². The predicted octanol–water partition coefficient (Wildman–Crippen LogP) is 1.10. The van der Waals surface area contributed by atoms with Crippen LogP contribution in [0.3, 0.4) is 0 Å². The molecule has 0 aliphatic carbocycles. The Morgan fingerprint density at radius 3 is 2.75 bits per heavy atom. The van der Waals surface area contributed by atoms with Crippen LogP contribution >= 0.6 is 0 Å². The summed E-state index contributed by atoms with van der Waals surface area (Å²) < 4.78 is 1.57. The number of aliphatic hydroxyl groups excluding tert-OH is 1. The van der Waals surface area contributed by atoms with Crippen molar-refractivity contribution in [3.63, 3.8) is 0 Å². The van der Waals surface area contributed by atoms with Crippen molar-refractivity contribution in [1.82, 2.24) is 14.8 Å². The van der Waals surface area contributed by atoms with Gasteiger partial charge in [0.2, 0.25) is 0 Å². The van der Waals surface area contributed by atoms with Crippen LogP contribution in [-0.2, 0) is 7.05 Å². The fourth-order valence-corrected chi connectivity index (χ4v) is 1.89. The number of nitrogens with zero attached hydrogens (tertiary/aromatic N) is 3. The molecule has 108 valence electrons. The third-order valence-corrected chi connectivity index (χ3v) is 3.25. The van der Waals surface area contributed by atoms with Crippen LogP contribution in [0.1, 0.15) is 24.2 Å². The summed E-state index contributed by atoms with van der Waals surface area (Å²) in [5.74, 6) is -0.980. The second-order valence-electron chi connectivity index (χ2n) is 5.05. The molecular weight excluding hydrogens is 260 g/mol. The number of carbonyl (C=O) groups is 1. The number of aryl methyl sites for hydroxylation is 1. The van der Waals surface area contributed by atoms with Gasteiger partial charge in [0.05, 0.1) is 23.4 Å². The van der Waals surface area contributed by atoms with Crippen LogP contribution in [0.5, 0.6) is 0 Å². The fraction of sp³-hybridized carbons (Fsp3) is 0.462. The molecule has 0 saturated carbocycles. The van der Waals surface area contributed by atoms with Crippen LogP contribution in [-0.4, -0.2) is 43.6 Å². The molecule has 0 aliphatic heterocycles. The van der Waals surface area contributed by atoms with Crippen LogP contribution in [0.25, 0.3) is 11.0 Å². The lowest BCUT2D eigenvalue weighted by atomic mass is 10.1. The topological polar surface area (TPSA) is 100 Å². The van der Waals surface area contributed by atoms with E-state index in [4.69, 9.17) is 0 Å². The van der Waals surface area contributed by atoms with E-state index in [-0.39, 0.29) is 18.0 Å². The van der Waals surface area contributed by atoms with Gasteiger partial charge in [-0.1, -0.05) is 13.8 Å². The lowest BCUT2D eigenvalue weighted by Crippen LogP contribution is -2.25. The van der Waals surface area contributed by atoms with Crippen LogP contribution in [0.15, 0.2) is 12.4 Å². The molecule has 1 atom stereocenters. The lowest BCUT2D eigenvalue weighted by Gasteiger charge is -2.17. The molecule has 2 rings (SSSR count). The van der Waals surface area contributed by atoms with Crippen molar-refractivity contribution in [3.05, 3.63) is 18.0 Å². The highest BCUT2D eigenvalue weighted by Crippen LogP contribution is 2.25. The quantitative estimate of drug-likeness (QED) is 0.757. The van der Waals surface area contributed by atoms with Gasteiger partial charge in [0, 0.05) is 19.8 Å². The van der Waals surface area contributed by atoms with Gasteiger partial charge in [0.15, 0.2) is 5.65 Å². The molecule has 2 heterocycles. The number of fused-ring (bicyclic) bond motifs is 1. The third-order valence-electron chi connectivity index (χ3n) is 3.25. The highest BCUT2D eigenvalue weighted by Gasteiger charge is 2.18. The monoisotopic (exact) mass is 278 g/mol. The summed E-state index contributed by atoms with van der Waals surface area (Å²) in [5, 5.41) is 26.8. The number of anilines is 1. The molecule has 2 aromatic heterocycles. The maximum atomic E-state index is 11.3. The van der Waals surface area contributed by atoms with Crippen LogP contribution in [0.4, 0.5) is 5.69 Å². The van der Waals surface area contributed by atoms with Crippen molar-refractivity contribution in [1.29, 1.82) is 0 Å². The highest BCUT2D eigenvalue weighted by molar-refractivity contribution is 6.03. The maximum absolute atomic E-state index is 11.3.